The van der Waals surface area contributed by atoms with Gasteiger partial charge in [0.25, 0.3) is 11.1 Å². The second kappa shape index (κ2) is 9.35. The van der Waals surface area contributed by atoms with Crippen molar-refractivity contribution in [2.75, 3.05) is 20.8 Å². The highest BCUT2D eigenvalue weighted by Gasteiger charge is 2.35. The maximum absolute atomic E-state index is 12.5. The molecule has 2 N–H and O–H groups in total. The molecule has 3 amide bonds. The highest BCUT2D eigenvalue weighted by Crippen LogP contribution is 2.34. The van der Waals surface area contributed by atoms with E-state index in [9.17, 15) is 19.2 Å². The van der Waals surface area contributed by atoms with Crippen LogP contribution in [0.25, 0.3) is 6.08 Å². The number of methoxy groups -OCH3 is 2. The minimum atomic E-state index is -0.791. The third-order valence-corrected chi connectivity index (χ3v) is 5.11. The highest BCUT2D eigenvalue weighted by molar-refractivity contribution is 8.18. The van der Waals surface area contributed by atoms with Gasteiger partial charge < -0.3 is 19.9 Å². The fraction of sp³-hybridized carbons (Fsp3) is 0.143. The maximum atomic E-state index is 12.5. The van der Waals surface area contributed by atoms with Gasteiger partial charge >= 0.3 is 5.97 Å². The number of nitrogens with two attached hydrogens (primary N) is 1. The van der Waals surface area contributed by atoms with Crippen molar-refractivity contribution in [3.05, 3.63) is 58.5 Å². The predicted octanol–water partition coefficient (Wildman–Crippen LogP) is 2.44. The molecule has 31 heavy (non-hydrogen) atoms. The zero-order valence-electron chi connectivity index (χ0n) is 16.6. The van der Waals surface area contributed by atoms with Gasteiger partial charge in [0.1, 0.15) is 12.3 Å². The fourth-order valence-corrected chi connectivity index (χ4v) is 3.53. The lowest BCUT2D eigenvalue weighted by atomic mass is 10.1. The van der Waals surface area contributed by atoms with Crippen LogP contribution >= 0.6 is 11.8 Å². The van der Waals surface area contributed by atoms with Crippen LogP contribution in [-0.4, -0.2) is 48.7 Å². The summed E-state index contributed by atoms with van der Waals surface area (Å²) in [5, 5.41) is -0.588. The standard InChI is InChI=1S/C21H18N2O7S/c1-28-14-6-4-13(5-7-14)20(26)30-16-9-12(3-8-15(16)29-2)10-17-19(25)23(11-18(22)24)21(27)31-17/h3-10H,11H2,1-2H3,(H2,22,24)/b17-10-. The van der Waals surface area contributed by atoms with Crippen molar-refractivity contribution >= 4 is 40.9 Å². The van der Waals surface area contributed by atoms with Gasteiger partial charge in [-0.1, -0.05) is 6.07 Å². The molecular weight excluding hydrogens is 424 g/mol. The molecule has 10 heteroatoms. The molecule has 0 spiro atoms. The fourth-order valence-electron chi connectivity index (χ4n) is 2.69. The van der Waals surface area contributed by atoms with E-state index < -0.39 is 29.6 Å². The average Bonchev–Trinajstić information content (AvgIpc) is 3.01. The van der Waals surface area contributed by atoms with Crippen LogP contribution in [0.4, 0.5) is 4.79 Å². The Balaban J connectivity index is 1.84. The number of amides is 3. The summed E-state index contributed by atoms with van der Waals surface area (Å²) in [7, 11) is 2.95. The molecule has 0 bridgehead atoms. The summed E-state index contributed by atoms with van der Waals surface area (Å²) in [6.45, 7) is -0.491. The van der Waals surface area contributed by atoms with E-state index in [-0.39, 0.29) is 10.7 Å². The zero-order valence-corrected chi connectivity index (χ0v) is 17.4. The molecule has 1 saturated heterocycles. The monoisotopic (exact) mass is 442 g/mol. The van der Waals surface area contributed by atoms with Gasteiger partial charge in [0.2, 0.25) is 5.91 Å². The van der Waals surface area contributed by atoms with Crippen LogP contribution in [0, 0.1) is 0 Å². The van der Waals surface area contributed by atoms with E-state index in [1.807, 2.05) is 0 Å². The second-order valence-electron chi connectivity index (χ2n) is 6.26. The number of ether oxygens (including phenoxy) is 3. The molecule has 1 fully saturated rings. The van der Waals surface area contributed by atoms with Crippen molar-refractivity contribution in [1.82, 2.24) is 4.90 Å². The minimum Gasteiger partial charge on any atom is -0.497 e. The number of esters is 1. The molecule has 0 aromatic heterocycles. The Bertz CT molecular complexity index is 1080. The minimum absolute atomic E-state index is 0.115. The van der Waals surface area contributed by atoms with E-state index in [4.69, 9.17) is 19.9 Å². The molecule has 2 aromatic carbocycles. The molecule has 9 nitrogen and oxygen atoms in total. The average molecular weight is 442 g/mol. The van der Waals surface area contributed by atoms with Crippen LogP contribution < -0.4 is 19.9 Å². The lowest BCUT2D eigenvalue weighted by Gasteiger charge is -2.11. The van der Waals surface area contributed by atoms with E-state index >= 15 is 0 Å². The van der Waals surface area contributed by atoms with Crippen LogP contribution in [0.15, 0.2) is 47.4 Å². The summed E-state index contributed by atoms with van der Waals surface area (Å²) in [5.74, 6) is -0.988. The van der Waals surface area contributed by atoms with Crippen molar-refractivity contribution in [1.29, 1.82) is 0 Å². The first-order valence-electron chi connectivity index (χ1n) is 8.90. The molecule has 0 radical (unpaired) electrons. The number of carbonyl (C=O) groups excluding carboxylic acids is 4. The lowest BCUT2D eigenvalue weighted by molar-refractivity contribution is -0.127. The van der Waals surface area contributed by atoms with Crippen molar-refractivity contribution in [3.63, 3.8) is 0 Å². The number of nitrogens with zero attached hydrogens (tertiary/aromatic N) is 1. The van der Waals surface area contributed by atoms with E-state index in [2.05, 4.69) is 0 Å². The number of primary amides is 1. The van der Waals surface area contributed by atoms with Crippen molar-refractivity contribution < 1.29 is 33.4 Å². The summed E-state index contributed by atoms with van der Waals surface area (Å²) in [5.41, 5.74) is 5.87. The summed E-state index contributed by atoms with van der Waals surface area (Å²) < 4.78 is 15.8. The van der Waals surface area contributed by atoms with Gasteiger partial charge in [-0.25, -0.2) is 4.79 Å². The number of benzene rings is 2. The summed E-state index contributed by atoms with van der Waals surface area (Å²) >= 11 is 0.689. The van der Waals surface area contributed by atoms with Crippen molar-refractivity contribution in [3.8, 4) is 17.2 Å². The highest BCUT2D eigenvalue weighted by atomic mass is 32.2. The lowest BCUT2D eigenvalue weighted by Crippen LogP contribution is -2.36. The largest absolute Gasteiger partial charge is 0.497 e. The molecule has 2 aromatic rings. The van der Waals surface area contributed by atoms with Gasteiger partial charge in [-0.2, -0.15) is 0 Å². The van der Waals surface area contributed by atoms with Crippen LogP contribution in [0.3, 0.4) is 0 Å². The third-order valence-electron chi connectivity index (χ3n) is 4.20. The predicted molar refractivity (Wildman–Crippen MR) is 113 cm³/mol. The number of imide groups is 1. The molecule has 1 aliphatic heterocycles. The number of rotatable bonds is 7. The molecule has 1 aliphatic rings. The smallest absolute Gasteiger partial charge is 0.343 e. The summed E-state index contributed by atoms with van der Waals surface area (Å²) in [4.78, 5) is 48.8. The Labute approximate surface area is 181 Å². The molecular formula is C21H18N2O7S. The topological polar surface area (TPSA) is 125 Å². The van der Waals surface area contributed by atoms with Crippen LogP contribution in [0.2, 0.25) is 0 Å². The quantitative estimate of drug-likeness (QED) is 0.394. The van der Waals surface area contributed by atoms with Gasteiger partial charge in [0.15, 0.2) is 11.5 Å². The number of thioether (sulfide) groups is 1. The zero-order chi connectivity index (χ0) is 22.5. The molecule has 160 valence electrons. The maximum Gasteiger partial charge on any atom is 0.343 e. The Hall–Kier alpha value is -3.79. The van der Waals surface area contributed by atoms with E-state index in [1.165, 1.54) is 26.4 Å². The Morgan fingerprint density at radius 1 is 1.03 bits per heavy atom. The number of hydrogen-bond acceptors (Lipinski definition) is 8. The van der Waals surface area contributed by atoms with Crippen LogP contribution in [0.1, 0.15) is 15.9 Å². The Morgan fingerprint density at radius 3 is 2.35 bits per heavy atom. The van der Waals surface area contributed by atoms with Gasteiger partial charge in [-0.15, -0.1) is 0 Å². The molecule has 3 rings (SSSR count). The summed E-state index contributed by atoms with van der Waals surface area (Å²) in [6, 6.07) is 11.1. The van der Waals surface area contributed by atoms with E-state index in [0.717, 1.165) is 4.90 Å². The molecule has 1 heterocycles. The molecule has 0 atom stereocenters. The molecule has 0 unspecified atom stereocenters. The van der Waals surface area contributed by atoms with Gasteiger partial charge in [-0.05, 0) is 59.8 Å². The number of hydrogen-bond donors (Lipinski definition) is 1. The Kier molecular flexibility index (Phi) is 6.61. The third kappa shape index (κ3) is 5.04. The van der Waals surface area contributed by atoms with Crippen molar-refractivity contribution in [2.24, 2.45) is 5.73 Å². The molecule has 0 aliphatic carbocycles. The van der Waals surface area contributed by atoms with E-state index in [0.29, 0.717) is 34.4 Å². The first kappa shape index (κ1) is 21.9. The van der Waals surface area contributed by atoms with Gasteiger partial charge in [-0.3, -0.25) is 19.3 Å². The molecule has 0 saturated carbocycles. The van der Waals surface area contributed by atoms with E-state index in [1.54, 1.807) is 36.4 Å². The van der Waals surface area contributed by atoms with Gasteiger partial charge in [0, 0.05) is 0 Å². The van der Waals surface area contributed by atoms with Crippen molar-refractivity contribution in [2.45, 2.75) is 0 Å². The first-order valence-corrected chi connectivity index (χ1v) is 9.72. The van der Waals surface area contributed by atoms with Gasteiger partial charge in [0.05, 0.1) is 24.7 Å². The normalized spacial score (nSPS) is 14.6. The van der Waals surface area contributed by atoms with Crippen LogP contribution in [0.5, 0.6) is 17.2 Å². The Morgan fingerprint density at radius 2 is 1.74 bits per heavy atom. The first-order chi connectivity index (χ1) is 14.8. The summed E-state index contributed by atoms with van der Waals surface area (Å²) in [6.07, 6.45) is 1.45. The SMILES string of the molecule is COc1ccc(C(=O)Oc2cc(/C=C3\SC(=O)N(CC(N)=O)C3=O)ccc2OC)cc1. The second-order valence-corrected chi connectivity index (χ2v) is 7.26. The number of carbonyl (C=O) groups is 4. The van der Waals surface area contributed by atoms with Crippen LogP contribution in [-0.2, 0) is 9.59 Å².